The number of anilines is 2. The van der Waals surface area contributed by atoms with Gasteiger partial charge in [0.2, 0.25) is 0 Å². The Bertz CT molecular complexity index is 273. The quantitative estimate of drug-likeness (QED) is 0.703. The molecule has 0 spiro atoms. The van der Waals surface area contributed by atoms with E-state index in [0.29, 0.717) is 5.69 Å². The first-order valence-corrected chi connectivity index (χ1v) is 4.99. The number of hydrogen-bond acceptors (Lipinski definition) is 4. The van der Waals surface area contributed by atoms with Gasteiger partial charge in [0.05, 0.1) is 11.9 Å². The van der Waals surface area contributed by atoms with Crippen molar-refractivity contribution < 1.29 is 0 Å². The minimum absolute atomic E-state index is 0.608. The Balaban J connectivity index is 2.28. The molecule has 0 atom stereocenters. The molecule has 0 saturated carbocycles. The van der Waals surface area contributed by atoms with Gasteiger partial charge in [0.1, 0.15) is 6.33 Å². The molecule has 4 heteroatoms. The lowest BCUT2D eigenvalue weighted by Gasteiger charge is -2.08. The van der Waals surface area contributed by atoms with Crippen LogP contribution in [0.15, 0.2) is 12.5 Å². The molecule has 1 heterocycles. The van der Waals surface area contributed by atoms with Gasteiger partial charge in [0, 0.05) is 6.54 Å². The molecule has 0 amide bonds. The van der Waals surface area contributed by atoms with Gasteiger partial charge in [-0.1, -0.05) is 13.8 Å². The smallest absolute Gasteiger partial charge is 0.152 e. The fourth-order valence-corrected chi connectivity index (χ4v) is 1.21. The minimum Gasteiger partial charge on any atom is -0.394 e. The van der Waals surface area contributed by atoms with E-state index in [4.69, 9.17) is 5.73 Å². The molecule has 0 aromatic carbocycles. The lowest BCUT2D eigenvalue weighted by molar-refractivity contribution is 0.566. The minimum atomic E-state index is 0.608. The molecule has 1 aromatic rings. The van der Waals surface area contributed by atoms with E-state index >= 15 is 0 Å². The zero-order chi connectivity index (χ0) is 10.4. The monoisotopic (exact) mass is 194 g/mol. The summed E-state index contributed by atoms with van der Waals surface area (Å²) in [7, 11) is 0. The molecule has 1 rings (SSSR count). The van der Waals surface area contributed by atoms with Crippen LogP contribution in [0.3, 0.4) is 0 Å². The largest absolute Gasteiger partial charge is 0.394 e. The highest BCUT2D eigenvalue weighted by atomic mass is 15.0. The Morgan fingerprint density at radius 1 is 1.50 bits per heavy atom. The van der Waals surface area contributed by atoms with Gasteiger partial charge >= 0.3 is 0 Å². The lowest BCUT2D eigenvalue weighted by atomic mass is 10.1. The van der Waals surface area contributed by atoms with Gasteiger partial charge in [-0.3, -0.25) is 0 Å². The van der Waals surface area contributed by atoms with Crippen molar-refractivity contribution in [3.63, 3.8) is 0 Å². The second-order valence-corrected chi connectivity index (χ2v) is 3.79. The number of nitrogens with two attached hydrogens (primary N) is 1. The average Bonchev–Trinajstić information content (AvgIpc) is 2.15. The van der Waals surface area contributed by atoms with Crippen LogP contribution in [0.4, 0.5) is 11.5 Å². The molecule has 1 aromatic heterocycles. The fourth-order valence-electron chi connectivity index (χ4n) is 1.21. The molecule has 3 N–H and O–H groups in total. The zero-order valence-electron chi connectivity index (χ0n) is 8.83. The van der Waals surface area contributed by atoms with E-state index < -0.39 is 0 Å². The van der Waals surface area contributed by atoms with Crippen molar-refractivity contribution >= 4 is 11.5 Å². The van der Waals surface area contributed by atoms with Crippen LogP contribution in [0.1, 0.15) is 26.7 Å². The van der Waals surface area contributed by atoms with Crippen LogP contribution in [0, 0.1) is 5.92 Å². The van der Waals surface area contributed by atoms with Gasteiger partial charge in [-0.25, -0.2) is 9.97 Å². The topological polar surface area (TPSA) is 63.8 Å². The number of aromatic nitrogens is 2. The molecule has 78 valence electrons. The number of nitrogen functional groups attached to an aromatic ring is 1. The van der Waals surface area contributed by atoms with Crippen LogP contribution < -0.4 is 11.1 Å². The number of nitrogens with zero attached hydrogens (tertiary/aromatic N) is 2. The molecule has 0 unspecified atom stereocenters. The third kappa shape index (κ3) is 3.60. The summed E-state index contributed by atoms with van der Waals surface area (Å²) in [5, 5.41) is 3.19. The molecule has 14 heavy (non-hydrogen) atoms. The van der Waals surface area contributed by atoms with Crippen molar-refractivity contribution in [2.75, 3.05) is 17.6 Å². The van der Waals surface area contributed by atoms with E-state index in [1.807, 2.05) is 0 Å². The number of hydrogen-bond donors (Lipinski definition) is 2. The van der Waals surface area contributed by atoms with E-state index in [0.717, 1.165) is 24.7 Å². The molecule has 0 bridgehead atoms. The zero-order valence-corrected chi connectivity index (χ0v) is 8.83. The maximum absolute atomic E-state index is 5.68. The molecule has 0 aliphatic rings. The van der Waals surface area contributed by atoms with E-state index in [9.17, 15) is 0 Å². The fraction of sp³-hybridized carbons (Fsp3) is 0.600. The van der Waals surface area contributed by atoms with E-state index in [1.165, 1.54) is 12.7 Å². The number of rotatable bonds is 5. The maximum Gasteiger partial charge on any atom is 0.152 e. The van der Waals surface area contributed by atoms with E-state index in [2.05, 4.69) is 29.1 Å². The summed E-state index contributed by atoms with van der Waals surface area (Å²) in [4.78, 5) is 7.87. The normalized spacial score (nSPS) is 10.5. The summed E-state index contributed by atoms with van der Waals surface area (Å²) < 4.78 is 0. The third-order valence-electron chi connectivity index (χ3n) is 1.99. The Morgan fingerprint density at radius 2 is 2.29 bits per heavy atom. The van der Waals surface area contributed by atoms with Crippen LogP contribution >= 0.6 is 0 Å². The second kappa shape index (κ2) is 5.42. The van der Waals surface area contributed by atoms with Crippen LogP contribution in [0.5, 0.6) is 0 Å². The van der Waals surface area contributed by atoms with Crippen molar-refractivity contribution in [2.45, 2.75) is 26.7 Å². The molecule has 0 fully saturated rings. The first-order chi connectivity index (χ1) is 6.70. The molecule has 0 aliphatic carbocycles. The Hall–Kier alpha value is -1.32. The van der Waals surface area contributed by atoms with Crippen molar-refractivity contribution in [2.24, 2.45) is 5.92 Å². The van der Waals surface area contributed by atoms with Crippen LogP contribution in [-0.4, -0.2) is 16.5 Å². The summed E-state index contributed by atoms with van der Waals surface area (Å²) >= 11 is 0. The van der Waals surface area contributed by atoms with Crippen LogP contribution in [0.2, 0.25) is 0 Å². The van der Waals surface area contributed by atoms with Crippen molar-refractivity contribution in [1.82, 2.24) is 9.97 Å². The first-order valence-electron chi connectivity index (χ1n) is 4.99. The number of nitrogens with one attached hydrogen (secondary N) is 1. The summed E-state index contributed by atoms with van der Waals surface area (Å²) in [5.74, 6) is 1.49. The SMILES string of the molecule is CC(C)CCCNc1ncncc1N. The third-order valence-corrected chi connectivity index (χ3v) is 1.99. The van der Waals surface area contributed by atoms with Crippen LogP contribution in [0.25, 0.3) is 0 Å². The van der Waals surface area contributed by atoms with Gasteiger partial charge in [-0.2, -0.15) is 0 Å². The van der Waals surface area contributed by atoms with Gasteiger partial charge in [0.25, 0.3) is 0 Å². The summed E-state index contributed by atoms with van der Waals surface area (Å²) in [6, 6.07) is 0. The van der Waals surface area contributed by atoms with E-state index in [1.54, 1.807) is 6.20 Å². The predicted molar refractivity (Wildman–Crippen MR) is 59.0 cm³/mol. The second-order valence-electron chi connectivity index (χ2n) is 3.79. The molecule has 4 nitrogen and oxygen atoms in total. The van der Waals surface area contributed by atoms with Crippen LogP contribution in [-0.2, 0) is 0 Å². The Morgan fingerprint density at radius 3 is 2.93 bits per heavy atom. The van der Waals surface area contributed by atoms with Gasteiger partial charge in [0.15, 0.2) is 5.82 Å². The molecular weight excluding hydrogens is 176 g/mol. The van der Waals surface area contributed by atoms with Crippen molar-refractivity contribution in [3.05, 3.63) is 12.5 Å². The maximum atomic E-state index is 5.68. The average molecular weight is 194 g/mol. The Labute approximate surface area is 85.0 Å². The van der Waals surface area contributed by atoms with Crippen molar-refractivity contribution in [1.29, 1.82) is 0 Å². The Kier molecular flexibility index (Phi) is 4.16. The lowest BCUT2D eigenvalue weighted by Crippen LogP contribution is -2.07. The first kappa shape index (κ1) is 10.8. The van der Waals surface area contributed by atoms with Gasteiger partial charge in [-0.05, 0) is 18.8 Å². The predicted octanol–water partition coefficient (Wildman–Crippen LogP) is 1.91. The van der Waals surface area contributed by atoms with Crippen molar-refractivity contribution in [3.8, 4) is 0 Å². The molecule has 0 radical (unpaired) electrons. The molecule has 0 aliphatic heterocycles. The molecule has 0 saturated heterocycles. The summed E-state index contributed by atoms with van der Waals surface area (Å²) in [6.07, 6.45) is 5.47. The highest BCUT2D eigenvalue weighted by Gasteiger charge is 1.98. The standard InChI is InChI=1S/C10H18N4/c1-8(2)4-3-5-13-10-9(11)6-12-7-14-10/h6-8H,3-5,11H2,1-2H3,(H,12,13,14). The highest BCUT2D eigenvalue weighted by Crippen LogP contribution is 2.11. The highest BCUT2D eigenvalue weighted by molar-refractivity contribution is 5.58. The molecular formula is C10H18N4. The van der Waals surface area contributed by atoms with Gasteiger partial charge in [-0.15, -0.1) is 0 Å². The van der Waals surface area contributed by atoms with E-state index in [-0.39, 0.29) is 0 Å². The summed E-state index contributed by atoms with van der Waals surface area (Å²) in [6.45, 7) is 5.36. The summed E-state index contributed by atoms with van der Waals surface area (Å²) in [5.41, 5.74) is 6.28. The van der Waals surface area contributed by atoms with Gasteiger partial charge < -0.3 is 11.1 Å².